The summed E-state index contributed by atoms with van der Waals surface area (Å²) in [6.45, 7) is 3.69. The fourth-order valence-corrected chi connectivity index (χ4v) is 4.33. The van der Waals surface area contributed by atoms with Gasteiger partial charge in [-0.15, -0.1) is 0 Å². The molecule has 6 fully saturated rings. The van der Waals surface area contributed by atoms with Crippen LogP contribution >= 0.6 is 0 Å². The van der Waals surface area contributed by atoms with Gasteiger partial charge in [0, 0.05) is 0 Å². The molecule has 1 aromatic heterocycles. The first-order valence-corrected chi connectivity index (χ1v) is 15.3. The van der Waals surface area contributed by atoms with Crippen LogP contribution in [0.3, 0.4) is 0 Å². The quantitative estimate of drug-likeness (QED) is 0.0798. The smallest absolute Gasteiger partial charge is 0.336 e. The average Bonchev–Trinajstić information content (AvgIpc) is 3.81. The highest BCUT2D eigenvalue weighted by molar-refractivity contribution is 4.83. The van der Waals surface area contributed by atoms with E-state index in [0.717, 1.165) is 13.7 Å². The third-order valence-corrected chi connectivity index (χ3v) is 7.60. The lowest BCUT2D eigenvalue weighted by molar-refractivity contribution is -0.161. The lowest BCUT2D eigenvalue weighted by Crippen LogP contribution is -2.57. The Hall–Kier alpha value is -2.07. The summed E-state index contributed by atoms with van der Waals surface area (Å²) in [6, 6.07) is 0. The van der Waals surface area contributed by atoms with Gasteiger partial charge in [-0.2, -0.15) is 0 Å². The molecule has 252 valence electrons. The number of epoxide rings is 6. The van der Waals surface area contributed by atoms with Crippen LogP contribution in [0.4, 0.5) is 0 Å². The second kappa shape index (κ2) is 14.4. The van der Waals surface area contributed by atoms with Gasteiger partial charge in [0.15, 0.2) is 18.9 Å². The van der Waals surface area contributed by atoms with Crippen molar-refractivity contribution in [1.82, 2.24) is 13.7 Å². The zero-order chi connectivity index (χ0) is 30.8. The lowest BCUT2D eigenvalue weighted by Gasteiger charge is -2.23. The number of ether oxygens (including phenoxy) is 12. The number of nitrogens with zero attached hydrogens (tertiary/aromatic N) is 3. The number of hydrogen-bond acceptors (Lipinski definition) is 15. The lowest BCUT2D eigenvalue weighted by atomic mass is 10.4. The van der Waals surface area contributed by atoms with Crippen LogP contribution in [0.15, 0.2) is 14.4 Å². The van der Waals surface area contributed by atoms with Crippen molar-refractivity contribution in [3.05, 3.63) is 31.5 Å². The summed E-state index contributed by atoms with van der Waals surface area (Å²) in [6.07, 6.45) is -3.49. The van der Waals surface area contributed by atoms with Crippen molar-refractivity contribution in [3.63, 3.8) is 0 Å². The van der Waals surface area contributed by atoms with Crippen LogP contribution in [-0.4, -0.2) is 148 Å². The predicted molar refractivity (Wildman–Crippen MR) is 145 cm³/mol. The van der Waals surface area contributed by atoms with Crippen molar-refractivity contribution >= 4 is 0 Å². The topological polar surface area (TPSA) is 197 Å². The third kappa shape index (κ3) is 9.96. The Kier molecular flexibility index (Phi) is 10.1. The van der Waals surface area contributed by atoms with E-state index in [4.69, 9.17) is 56.8 Å². The molecule has 1 aromatic rings. The van der Waals surface area contributed by atoms with Gasteiger partial charge in [0.1, 0.15) is 36.6 Å². The molecule has 0 aliphatic carbocycles. The van der Waals surface area contributed by atoms with Gasteiger partial charge in [-0.1, -0.05) is 0 Å². The van der Waals surface area contributed by atoms with Crippen LogP contribution in [0.1, 0.15) is 0 Å². The summed E-state index contributed by atoms with van der Waals surface area (Å²) in [5.41, 5.74) is -2.62. The molecule has 6 aliphatic heterocycles. The maximum Gasteiger partial charge on any atom is 0.336 e. The molecule has 18 heteroatoms. The van der Waals surface area contributed by atoms with E-state index in [-0.39, 0.29) is 95.9 Å². The van der Waals surface area contributed by atoms with Gasteiger partial charge in [0.25, 0.3) is 0 Å². The van der Waals surface area contributed by atoms with Gasteiger partial charge in [0.2, 0.25) is 0 Å². The van der Waals surface area contributed by atoms with Crippen LogP contribution < -0.4 is 17.1 Å². The molecule has 0 saturated carbocycles. The molecule has 0 radical (unpaired) electrons. The highest BCUT2D eigenvalue weighted by Crippen LogP contribution is 2.17. The Balaban J connectivity index is 1.16. The second-order valence-electron chi connectivity index (χ2n) is 11.7. The molecule has 7 heterocycles. The minimum Gasteiger partial charge on any atom is -0.371 e. The SMILES string of the molecule is O=c1n(CC(OCC2CO2)OCC2CO2)c(=O)n(CC(OCC2CO2)OCC2CO2)c(=O)n1CC(OCC1CO1)OCC1CO1. The van der Waals surface area contributed by atoms with Crippen LogP contribution in [0.5, 0.6) is 0 Å². The van der Waals surface area contributed by atoms with E-state index in [9.17, 15) is 14.4 Å². The molecule has 0 aromatic carbocycles. The molecule has 6 unspecified atom stereocenters. The first kappa shape index (κ1) is 31.5. The van der Waals surface area contributed by atoms with E-state index in [1.54, 1.807) is 0 Å². The van der Waals surface area contributed by atoms with Crippen LogP contribution in [0.25, 0.3) is 0 Å². The Bertz CT molecular complexity index is 1070. The minimum absolute atomic E-state index is 0.0856. The summed E-state index contributed by atoms with van der Waals surface area (Å²) >= 11 is 0. The van der Waals surface area contributed by atoms with E-state index < -0.39 is 35.9 Å². The van der Waals surface area contributed by atoms with Crippen LogP contribution in [-0.2, 0) is 76.5 Å². The van der Waals surface area contributed by atoms with Crippen molar-refractivity contribution in [2.24, 2.45) is 0 Å². The van der Waals surface area contributed by atoms with Crippen molar-refractivity contribution in [1.29, 1.82) is 0 Å². The standard InChI is InChI=1S/C27H39N3O15/c31-25-28(1-22(40-10-16-4-34-16)41-11-17-5-35-17)26(32)30(3-24(44-14-20-8-38-20)45-15-21-9-39-21)27(33)29(25)2-23(42-12-18-6-36-18)43-13-19-7-37-19/h16-24H,1-15H2. The first-order valence-electron chi connectivity index (χ1n) is 15.3. The number of aromatic nitrogens is 3. The van der Waals surface area contributed by atoms with Crippen LogP contribution in [0.2, 0.25) is 0 Å². The maximum absolute atomic E-state index is 13.9. The Morgan fingerprint density at radius 1 is 0.422 bits per heavy atom. The normalized spacial score (nSPS) is 30.9. The monoisotopic (exact) mass is 645 g/mol. The van der Waals surface area contributed by atoms with E-state index in [1.807, 2.05) is 0 Å². The summed E-state index contributed by atoms with van der Waals surface area (Å²) in [4.78, 5) is 41.6. The molecular weight excluding hydrogens is 606 g/mol. The molecule has 0 amide bonds. The van der Waals surface area contributed by atoms with Gasteiger partial charge in [0.05, 0.1) is 98.9 Å². The van der Waals surface area contributed by atoms with Gasteiger partial charge >= 0.3 is 17.1 Å². The van der Waals surface area contributed by atoms with Crippen molar-refractivity contribution < 1.29 is 56.8 Å². The van der Waals surface area contributed by atoms with Gasteiger partial charge in [-0.3, -0.25) is 0 Å². The molecule has 0 bridgehead atoms. The van der Waals surface area contributed by atoms with E-state index in [2.05, 4.69) is 0 Å². The molecule has 0 N–H and O–H groups in total. The van der Waals surface area contributed by atoms with Crippen molar-refractivity contribution in [3.8, 4) is 0 Å². The van der Waals surface area contributed by atoms with Gasteiger partial charge < -0.3 is 56.8 Å². The number of hydrogen-bond donors (Lipinski definition) is 0. The third-order valence-electron chi connectivity index (χ3n) is 7.60. The zero-order valence-electron chi connectivity index (χ0n) is 24.8. The van der Waals surface area contributed by atoms with Crippen LogP contribution in [0, 0.1) is 0 Å². The Labute approximate surface area is 256 Å². The molecule has 18 nitrogen and oxygen atoms in total. The number of rotatable bonds is 24. The highest BCUT2D eigenvalue weighted by atomic mass is 16.7. The van der Waals surface area contributed by atoms with Gasteiger partial charge in [-0.05, 0) is 0 Å². The predicted octanol–water partition coefficient (Wildman–Crippen LogP) is -3.36. The molecule has 45 heavy (non-hydrogen) atoms. The maximum atomic E-state index is 13.9. The van der Waals surface area contributed by atoms with E-state index in [0.29, 0.717) is 39.6 Å². The summed E-state index contributed by atoms with van der Waals surface area (Å²) in [5, 5.41) is 0. The summed E-state index contributed by atoms with van der Waals surface area (Å²) in [5.74, 6) is 0. The van der Waals surface area contributed by atoms with E-state index in [1.165, 1.54) is 0 Å². The Morgan fingerprint density at radius 3 is 0.756 bits per heavy atom. The zero-order valence-corrected chi connectivity index (χ0v) is 24.8. The van der Waals surface area contributed by atoms with E-state index >= 15 is 0 Å². The summed E-state index contributed by atoms with van der Waals surface area (Å²) < 4.78 is 69.3. The molecule has 6 saturated heterocycles. The Morgan fingerprint density at radius 2 is 0.600 bits per heavy atom. The van der Waals surface area contributed by atoms with Crippen molar-refractivity contribution in [2.75, 3.05) is 79.3 Å². The molecule has 0 spiro atoms. The molecule has 6 aliphatic rings. The summed E-state index contributed by atoms with van der Waals surface area (Å²) in [7, 11) is 0. The largest absolute Gasteiger partial charge is 0.371 e. The second-order valence-corrected chi connectivity index (χ2v) is 11.7. The molecule has 7 rings (SSSR count). The highest BCUT2D eigenvalue weighted by Gasteiger charge is 2.33. The average molecular weight is 646 g/mol. The fraction of sp³-hybridized carbons (Fsp3) is 0.889. The fourth-order valence-electron chi connectivity index (χ4n) is 4.33. The minimum atomic E-state index is -0.993. The molecule has 6 atom stereocenters. The van der Waals surface area contributed by atoms with Crippen molar-refractivity contribution in [2.45, 2.75) is 75.1 Å². The van der Waals surface area contributed by atoms with Gasteiger partial charge in [-0.25, -0.2) is 28.1 Å². The molecular formula is C27H39N3O15. The first-order chi connectivity index (χ1) is 22.0.